The van der Waals surface area contributed by atoms with Crippen LogP contribution in [0.25, 0.3) is 0 Å². The molecule has 1 unspecified atom stereocenters. The van der Waals surface area contributed by atoms with E-state index in [0.717, 1.165) is 13.1 Å². The average Bonchev–Trinajstić information content (AvgIpc) is 1.97. The molecule has 2 nitrogen and oxygen atoms in total. The van der Waals surface area contributed by atoms with E-state index in [1.165, 1.54) is 6.42 Å². The summed E-state index contributed by atoms with van der Waals surface area (Å²) in [6, 6.07) is 0. The second-order valence-corrected chi connectivity index (χ2v) is 3.46. The van der Waals surface area contributed by atoms with E-state index in [1.54, 1.807) is 5.49 Å². The molecule has 66 valence electrons. The molecule has 1 N–H and O–H groups in total. The summed E-state index contributed by atoms with van der Waals surface area (Å²) in [5.74, 6) is 0.705. The molecular weight excluding hydrogens is 156 g/mol. The van der Waals surface area contributed by atoms with Crippen molar-refractivity contribution in [1.29, 1.82) is 0 Å². The van der Waals surface area contributed by atoms with Crippen LogP contribution in [0, 0.1) is 5.92 Å². The van der Waals surface area contributed by atoms with Crippen LogP contribution in [0.2, 0.25) is 0 Å². The highest BCUT2D eigenvalue weighted by Gasteiger charge is 2.00. The van der Waals surface area contributed by atoms with Gasteiger partial charge < -0.3 is 10.2 Å². The van der Waals surface area contributed by atoms with Gasteiger partial charge in [0.15, 0.2) is 0 Å². The van der Waals surface area contributed by atoms with Crippen LogP contribution in [0.15, 0.2) is 0 Å². The SMILES string of the molecule is CC(CCN(C)C)CNC=S. The van der Waals surface area contributed by atoms with Gasteiger partial charge in [0, 0.05) is 6.54 Å². The Labute approximate surface area is 75.0 Å². The van der Waals surface area contributed by atoms with Crippen LogP contribution in [0.3, 0.4) is 0 Å². The summed E-state index contributed by atoms with van der Waals surface area (Å²) in [5, 5.41) is 3.04. The Morgan fingerprint density at radius 2 is 2.18 bits per heavy atom. The number of thiocarbonyl (C=S) groups is 1. The number of nitrogens with zero attached hydrogens (tertiary/aromatic N) is 1. The number of hydrogen-bond acceptors (Lipinski definition) is 2. The van der Waals surface area contributed by atoms with Crippen LogP contribution in [-0.4, -0.2) is 37.6 Å². The molecule has 0 amide bonds. The molecule has 0 rings (SSSR count). The molecule has 1 atom stereocenters. The minimum atomic E-state index is 0.705. The monoisotopic (exact) mass is 174 g/mol. The average molecular weight is 174 g/mol. The van der Waals surface area contributed by atoms with Gasteiger partial charge in [-0.25, -0.2) is 0 Å². The van der Waals surface area contributed by atoms with Crippen LogP contribution in [0.5, 0.6) is 0 Å². The van der Waals surface area contributed by atoms with Crippen molar-refractivity contribution < 1.29 is 0 Å². The molecule has 0 heterocycles. The van der Waals surface area contributed by atoms with Gasteiger partial charge in [0.25, 0.3) is 0 Å². The van der Waals surface area contributed by atoms with Crippen molar-refractivity contribution in [2.45, 2.75) is 13.3 Å². The standard InChI is InChI=1S/C8H18N2S/c1-8(6-9-7-11)4-5-10(2)3/h7-8H,4-6H2,1-3H3,(H,9,11). The fraction of sp³-hybridized carbons (Fsp3) is 0.875. The van der Waals surface area contributed by atoms with Gasteiger partial charge in [-0.1, -0.05) is 19.1 Å². The van der Waals surface area contributed by atoms with E-state index in [0.29, 0.717) is 5.92 Å². The van der Waals surface area contributed by atoms with Gasteiger partial charge in [0.05, 0.1) is 5.49 Å². The first-order valence-corrected chi connectivity index (χ1v) is 4.45. The zero-order valence-electron chi connectivity index (χ0n) is 7.63. The van der Waals surface area contributed by atoms with Crippen LogP contribution in [-0.2, 0) is 0 Å². The molecule has 0 saturated heterocycles. The van der Waals surface area contributed by atoms with E-state index in [2.05, 4.69) is 43.5 Å². The maximum absolute atomic E-state index is 4.66. The van der Waals surface area contributed by atoms with Gasteiger partial charge >= 0.3 is 0 Å². The van der Waals surface area contributed by atoms with E-state index >= 15 is 0 Å². The summed E-state index contributed by atoms with van der Waals surface area (Å²) in [5.41, 5.74) is 1.59. The van der Waals surface area contributed by atoms with Gasteiger partial charge in [0.1, 0.15) is 0 Å². The molecule has 0 bridgehead atoms. The predicted octanol–water partition coefficient (Wildman–Crippen LogP) is 1.12. The van der Waals surface area contributed by atoms with Gasteiger partial charge in [-0.05, 0) is 33.0 Å². The molecule has 0 spiro atoms. The lowest BCUT2D eigenvalue weighted by Crippen LogP contribution is -2.22. The second-order valence-electron chi connectivity index (χ2n) is 3.22. The van der Waals surface area contributed by atoms with Crippen LogP contribution in [0.1, 0.15) is 13.3 Å². The van der Waals surface area contributed by atoms with E-state index in [-0.39, 0.29) is 0 Å². The van der Waals surface area contributed by atoms with Crippen molar-refractivity contribution in [1.82, 2.24) is 10.2 Å². The van der Waals surface area contributed by atoms with Gasteiger partial charge in [-0.3, -0.25) is 0 Å². The van der Waals surface area contributed by atoms with E-state index in [1.807, 2.05) is 0 Å². The molecule has 0 aliphatic carbocycles. The zero-order valence-corrected chi connectivity index (χ0v) is 8.45. The molecule has 3 heteroatoms. The maximum atomic E-state index is 4.66. The lowest BCUT2D eigenvalue weighted by molar-refractivity contribution is 0.360. The van der Waals surface area contributed by atoms with Gasteiger partial charge in [-0.15, -0.1) is 0 Å². The zero-order chi connectivity index (χ0) is 8.69. The number of rotatable bonds is 6. The molecule has 0 fully saturated rings. The Kier molecular flexibility index (Phi) is 6.46. The Bertz CT molecular complexity index is 104. The fourth-order valence-electron chi connectivity index (χ4n) is 0.830. The highest BCUT2D eigenvalue weighted by atomic mass is 32.1. The highest BCUT2D eigenvalue weighted by Crippen LogP contribution is 1.99. The van der Waals surface area contributed by atoms with Gasteiger partial charge in [0.2, 0.25) is 0 Å². The minimum absolute atomic E-state index is 0.705. The molecule has 0 aromatic carbocycles. The van der Waals surface area contributed by atoms with Crippen LogP contribution < -0.4 is 5.32 Å². The van der Waals surface area contributed by atoms with Crippen LogP contribution >= 0.6 is 12.2 Å². The Balaban J connectivity index is 3.21. The smallest absolute Gasteiger partial charge is 0.0614 e. The summed E-state index contributed by atoms with van der Waals surface area (Å²) < 4.78 is 0. The lowest BCUT2D eigenvalue weighted by Gasteiger charge is -2.14. The summed E-state index contributed by atoms with van der Waals surface area (Å²) in [6.07, 6.45) is 1.23. The predicted molar refractivity (Wildman–Crippen MR) is 54.0 cm³/mol. The molecule has 0 aromatic rings. The van der Waals surface area contributed by atoms with Crippen molar-refractivity contribution in [3.05, 3.63) is 0 Å². The summed E-state index contributed by atoms with van der Waals surface area (Å²) >= 11 is 4.66. The van der Waals surface area contributed by atoms with E-state index in [9.17, 15) is 0 Å². The summed E-state index contributed by atoms with van der Waals surface area (Å²) in [7, 11) is 4.19. The minimum Gasteiger partial charge on any atom is -0.382 e. The third kappa shape index (κ3) is 7.75. The third-order valence-corrected chi connectivity index (χ3v) is 1.79. The maximum Gasteiger partial charge on any atom is 0.0614 e. The third-order valence-electron chi connectivity index (χ3n) is 1.62. The highest BCUT2D eigenvalue weighted by molar-refractivity contribution is 7.78. The van der Waals surface area contributed by atoms with Gasteiger partial charge in [-0.2, -0.15) is 0 Å². The summed E-state index contributed by atoms with van der Waals surface area (Å²) in [6.45, 7) is 4.38. The van der Waals surface area contributed by atoms with Crippen LogP contribution in [0.4, 0.5) is 0 Å². The van der Waals surface area contributed by atoms with Crippen molar-refractivity contribution in [2.75, 3.05) is 27.2 Å². The molecule has 0 radical (unpaired) electrons. The first-order chi connectivity index (χ1) is 5.16. The first kappa shape index (κ1) is 10.8. The molecule has 0 aliphatic heterocycles. The van der Waals surface area contributed by atoms with Crippen molar-refractivity contribution in [3.8, 4) is 0 Å². The molecule has 11 heavy (non-hydrogen) atoms. The van der Waals surface area contributed by atoms with E-state index < -0.39 is 0 Å². The molecular formula is C8H18N2S. The van der Waals surface area contributed by atoms with Crippen molar-refractivity contribution in [2.24, 2.45) is 5.92 Å². The fourth-order valence-corrected chi connectivity index (χ4v) is 0.926. The Morgan fingerprint density at radius 3 is 2.64 bits per heavy atom. The molecule has 0 saturated carbocycles. The Morgan fingerprint density at radius 1 is 1.55 bits per heavy atom. The number of nitrogens with one attached hydrogen (secondary N) is 1. The first-order valence-electron chi connectivity index (χ1n) is 3.98. The van der Waals surface area contributed by atoms with E-state index in [4.69, 9.17) is 0 Å². The van der Waals surface area contributed by atoms with Crippen molar-refractivity contribution >= 4 is 17.7 Å². The molecule has 0 aromatic heterocycles. The lowest BCUT2D eigenvalue weighted by atomic mass is 10.1. The topological polar surface area (TPSA) is 15.3 Å². The second kappa shape index (κ2) is 6.55. The van der Waals surface area contributed by atoms with Crippen molar-refractivity contribution in [3.63, 3.8) is 0 Å². The number of hydrogen-bond donors (Lipinski definition) is 1. The molecule has 0 aliphatic rings. The normalized spacial score (nSPS) is 13.1. The Hall–Kier alpha value is -0.150. The quantitative estimate of drug-likeness (QED) is 0.608. The summed E-state index contributed by atoms with van der Waals surface area (Å²) in [4.78, 5) is 2.20. The largest absolute Gasteiger partial charge is 0.382 e.